The second-order valence-electron chi connectivity index (χ2n) is 2.31. The highest BCUT2D eigenvalue weighted by Crippen LogP contribution is 1.93. The van der Waals surface area contributed by atoms with Crippen molar-refractivity contribution < 1.29 is 4.39 Å². The van der Waals surface area contributed by atoms with Crippen LogP contribution in [-0.4, -0.2) is 6.17 Å². The molecule has 0 heterocycles. The number of alkyl halides is 1. The SMILES string of the molecule is CC(C)=C/C=C\C(C)F. The highest BCUT2D eigenvalue weighted by atomic mass is 19.1. The Morgan fingerprint density at radius 3 is 2.33 bits per heavy atom. The molecule has 0 amide bonds. The lowest BCUT2D eigenvalue weighted by atomic mass is 10.3. The molecule has 0 radical (unpaired) electrons. The van der Waals surface area contributed by atoms with E-state index in [0.29, 0.717) is 0 Å². The van der Waals surface area contributed by atoms with Crippen LogP contribution in [0.1, 0.15) is 20.8 Å². The zero-order valence-electron chi connectivity index (χ0n) is 6.19. The lowest BCUT2D eigenvalue weighted by Gasteiger charge is -1.86. The molecule has 0 N–H and O–H groups in total. The summed E-state index contributed by atoms with van der Waals surface area (Å²) >= 11 is 0. The van der Waals surface area contributed by atoms with Gasteiger partial charge in [0.2, 0.25) is 0 Å². The third-order valence-electron chi connectivity index (χ3n) is 0.806. The molecular formula is C8H13F. The van der Waals surface area contributed by atoms with Gasteiger partial charge in [0, 0.05) is 0 Å². The van der Waals surface area contributed by atoms with Crippen molar-refractivity contribution in [2.24, 2.45) is 0 Å². The monoisotopic (exact) mass is 128 g/mol. The van der Waals surface area contributed by atoms with Crippen LogP contribution in [0, 0.1) is 0 Å². The maximum Gasteiger partial charge on any atom is 0.116 e. The van der Waals surface area contributed by atoms with Gasteiger partial charge in [0.25, 0.3) is 0 Å². The fourth-order valence-electron chi connectivity index (χ4n) is 0.401. The Morgan fingerprint density at radius 1 is 1.44 bits per heavy atom. The number of hydrogen-bond acceptors (Lipinski definition) is 0. The van der Waals surface area contributed by atoms with Crippen molar-refractivity contribution in [2.45, 2.75) is 26.9 Å². The zero-order chi connectivity index (χ0) is 7.28. The van der Waals surface area contributed by atoms with E-state index in [1.165, 1.54) is 18.6 Å². The minimum absolute atomic E-state index is 0.833. The molecule has 0 nitrogen and oxygen atoms in total. The fraction of sp³-hybridized carbons (Fsp3) is 0.500. The van der Waals surface area contributed by atoms with E-state index in [9.17, 15) is 4.39 Å². The van der Waals surface area contributed by atoms with Gasteiger partial charge in [-0.15, -0.1) is 0 Å². The maximum absolute atomic E-state index is 12.0. The standard InChI is InChI=1S/C8H13F/c1-7(2)5-4-6-8(3)9/h4-6,8H,1-3H3/b6-4-. The Morgan fingerprint density at radius 2 is 2.00 bits per heavy atom. The zero-order valence-corrected chi connectivity index (χ0v) is 6.19. The van der Waals surface area contributed by atoms with Gasteiger partial charge in [0.15, 0.2) is 0 Å². The Labute approximate surface area is 56.1 Å². The van der Waals surface area contributed by atoms with E-state index in [1.54, 1.807) is 6.08 Å². The van der Waals surface area contributed by atoms with Crippen LogP contribution >= 0.6 is 0 Å². The molecule has 1 heteroatoms. The molecule has 0 spiro atoms. The normalized spacial score (nSPS) is 13.8. The van der Waals surface area contributed by atoms with E-state index in [-0.39, 0.29) is 0 Å². The Hall–Kier alpha value is -0.590. The van der Waals surface area contributed by atoms with E-state index in [4.69, 9.17) is 0 Å². The van der Waals surface area contributed by atoms with Gasteiger partial charge < -0.3 is 0 Å². The number of rotatable bonds is 2. The third kappa shape index (κ3) is 7.41. The first-order valence-corrected chi connectivity index (χ1v) is 3.08. The summed E-state index contributed by atoms with van der Waals surface area (Å²) in [4.78, 5) is 0. The number of hydrogen-bond donors (Lipinski definition) is 0. The van der Waals surface area contributed by atoms with Gasteiger partial charge in [-0.2, -0.15) is 0 Å². The van der Waals surface area contributed by atoms with Crippen molar-refractivity contribution in [1.29, 1.82) is 0 Å². The molecule has 0 fully saturated rings. The molecule has 0 bridgehead atoms. The van der Waals surface area contributed by atoms with Crippen LogP contribution in [0.25, 0.3) is 0 Å². The molecule has 9 heavy (non-hydrogen) atoms. The summed E-state index contributed by atoms with van der Waals surface area (Å²) in [7, 11) is 0. The molecule has 0 aromatic heterocycles. The van der Waals surface area contributed by atoms with Gasteiger partial charge in [-0.3, -0.25) is 0 Å². The van der Waals surface area contributed by atoms with Crippen LogP contribution in [0.3, 0.4) is 0 Å². The van der Waals surface area contributed by atoms with Gasteiger partial charge in [-0.25, -0.2) is 4.39 Å². The summed E-state index contributed by atoms with van der Waals surface area (Å²) in [6.45, 7) is 5.47. The molecule has 0 aromatic carbocycles. The van der Waals surface area contributed by atoms with Crippen molar-refractivity contribution in [3.8, 4) is 0 Å². The topological polar surface area (TPSA) is 0 Å². The van der Waals surface area contributed by atoms with Crippen LogP contribution in [0.2, 0.25) is 0 Å². The Balaban J connectivity index is 3.60. The largest absolute Gasteiger partial charge is 0.243 e. The first-order chi connectivity index (χ1) is 4.13. The van der Waals surface area contributed by atoms with E-state index in [0.717, 1.165) is 0 Å². The van der Waals surface area contributed by atoms with Crippen molar-refractivity contribution in [1.82, 2.24) is 0 Å². The Kier molecular flexibility index (Phi) is 4.02. The molecular weight excluding hydrogens is 115 g/mol. The van der Waals surface area contributed by atoms with E-state index < -0.39 is 6.17 Å². The van der Waals surface area contributed by atoms with E-state index >= 15 is 0 Å². The van der Waals surface area contributed by atoms with Gasteiger partial charge in [0.1, 0.15) is 6.17 Å². The van der Waals surface area contributed by atoms with Crippen molar-refractivity contribution >= 4 is 0 Å². The highest BCUT2D eigenvalue weighted by Gasteiger charge is 1.83. The second kappa shape index (κ2) is 4.30. The van der Waals surface area contributed by atoms with Crippen LogP contribution in [0.5, 0.6) is 0 Å². The summed E-state index contributed by atoms with van der Waals surface area (Å²) in [6.07, 6.45) is 4.31. The summed E-state index contributed by atoms with van der Waals surface area (Å²) in [5, 5.41) is 0. The van der Waals surface area contributed by atoms with Crippen molar-refractivity contribution in [3.63, 3.8) is 0 Å². The molecule has 1 atom stereocenters. The van der Waals surface area contributed by atoms with Crippen molar-refractivity contribution in [3.05, 3.63) is 23.8 Å². The predicted molar refractivity (Wildman–Crippen MR) is 39.1 cm³/mol. The summed E-state index contributed by atoms with van der Waals surface area (Å²) in [6, 6.07) is 0. The first-order valence-electron chi connectivity index (χ1n) is 3.08. The van der Waals surface area contributed by atoms with Crippen LogP contribution in [-0.2, 0) is 0 Å². The molecule has 52 valence electrons. The summed E-state index contributed by atoms with van der Waals surface area (Å²) in [5.41, 5.74) is 1.19. The Bertz CT molecular complexity index is 117. The van der Waals surface area contributed by atoms with E-state index in [1.807, 2.05) is 19.9 Å². The average Bonchev–Trinajstić information content (AvgIpc) is 1.63. The minimum Gasteiger partial charge on any atom is -0.243 e. The predicted octanol–water partition coefficient (Wildman–Crippen LogP) is 2.87. The van der Waals surface area contributed by atoms with Crippen LogP contribution < -0.4 is 0 Å². The second-order valence-corrected chi connectivity index (χ2v) is 2.31. The van der Waals surface area contributed by atoms with Gasteiger partial charge in [0.05, 0.1) is 0 Å². The molecule has 0 aromatic rings. The molecule has 0 aliphatic carbocycles. The van der Waals surface area contributed by atoms with Gasteiger partial charge >= 0.3 is 0 Å². The minimum atomic E-state index is -0.833. The van der Waals surface area contributed by atoms with Crippen LogP contribution in [0.4, 0.5) is 4.39 Å². The third-order valence-corrected chi connectivity index (χ3v) is 0.806. The maximum atomic E-state index is 12.0. The quantitative estimate of drug-likeness (QED) is 0.501. The molecule has 0 rings (SSSR count). The van der Waals surface area contributed by atoms with Crippen LogP contribution in [0.15, 0.2) is 23.8 Å². The highest BCUT2D eigenvalue weighted by molar-refractivity contribution is 5.09. The molecule has 0 aliphatic rings. The lowest BCUT2D eigenvalue weighted by Crippen LogP contribution is -1.81. The van der Waals surface area contributed by atoms with Gasteiger partial charge in [-0.1, -0.05) is 23.8 Å². The summed E-state index contributed by atoms with van der Waals surface area (Å²) in [5.74, 6) is 0. The lowest BCUT2D eigenvalue weighted by molar-refractivity contribution is 0.430. The molecule has 0 saturated heterocycles. The van der Waals surface area contributed by atoms with E-state index in [2.05, 4.69) is 0 Å². The average molecular weight is 128 g/mol. The molecule has 0 aliphatic heterocycles. The number of allylic oxidation sites excluding steroid dienone is 4. The molecule has 0 saturated carbocycles. The van der Waals surface area contributed by atoms with Gasteiger partial charge in [-0.05, 0) is 20.8 Å². The fourth-order valence-corrected chi connectivity index (χ4v) is 0.401. The smallest absolute Gasteiger partial charge is 0.116 e. The summed E-state index contributed by atoms with van der Waals surface area (Å²) < 4.78 is 12.0. The van der Waals surface area contributed by atoms with Crippen molar-refractivity contribution in [2.75, 3.05) is 0 Å². The number of halogens is 1. The molecule has 1 unspecified atom stereocenters. The first kappa shape index (κ1) is 8.41.